The Morgan fingerprint density at radius 2 is 2.11 bits per heavy atom. The second-order valence-electron chi connectivity index (χ2n) is 3.43. The predicted octanol–water partition coefficient (Wildman–Crippen LogP) is 0.875. The van der Waals surface area contributed by atoms with Gasteiger partial charge in [0.05, 0.1) is 10.6 Å². The highest BCUT2D eigenvalue weighted by Gasteiger charge is 2.09. The van der Waals surface area contributed by atoms with Gasteiger partial charge in [-0.15, -0.1) is 0 Å². The monoisotopic (exact) mass is 247 g/mol. The molecule has 0 bridgehead atoms. The van der Waals surface area contributed by atoms with Crippen LogP contribution in [0.5, 0.6) is 0 Å². The molecule has 0 saturated carbocycles. The molecule has 0 aliphatic rings. The van der Waals surface area contributed by atoms with Crippen LogP contribution in [-0.4, -0.2) is 25.7 Å². The maximum atomic E-state index is 10.5. The number of nitrogens with two attached hydrogens (primary N) is 1. The first-order valence-electron chi connectivity index (χ1n) is 4.89. The summed E-state index contributed by atoms with van der Waals surface area (Å²) in [6.45, 7) is 0. The second-order valence-corrected chi connectivity index (χ2v) is 3.43. The smallest absolute Gasteiger partial charge is 0.307 e. The van der Waals surface area contributed by atoms with Gasteiger partial charge < -0.3 is 10.9 Å². The standard InChI is InChI=1S/C10H9N5O3/c11-10(13-16)7-1-3-8(4-2-7)14-6-9(5-12-14)15(17)18/h1-6,16H,(H2,11,13). The van der Waals surface area contributed by atoms with E-state index >= 15 is 0 Å². The number of oxime groups is 1. The molecule has 0 aliphatic heterocycles. The molecular weight excluding hydrogens is 238 g/mol. The molecule has 0 amide bonds. The van der Waals surface area contributed by atoms with E-state index in [1.54, 1.807) is 24.3 Å². The Hall–Kier alpha value is -2.90. The number of amidine groups is 1. The van der Waals surface area contributed by atoms with Gasteiger partial charge in [-0.05, 0) is 24.3 Å². The van der Waals surface area contributed by atoms with E-state index in [-0.39, 0.29) is 11.5 Å². The van der Waals surface area contributed by atoms with Crippen LogP contribution in [0.2, 0.25) is 0 Å². The van der Waals surface area contributed by atoms with Crippen molar-refractivity contribution in [2.24, 2.45) is 10.9 Å². The third-order valence-corrected chi connectivity index (χ3v) is 2.32. The summed E-state index contributed by atoms with van der Waals surface area (Å²) in [5.74, 6) is -0.00649. The first kappa shape index (κ1) is 11.6. The lowest BCUT2D eigenvalue weighted by Gasteiger charge is -2.02. The van der Waals surface area contributed by atoms with Crippen LogP contribution in [0.3, 0.4) is 0 Å². The Morgan fingerprint density at radius 1 is 1.44 bits per heavy atom. The number of hydrogen-bond acceptors (Lipinski definition) is 5. The van der Waals surface area contributed by atoms with E-state index in [1.165, 1.54) is 10.9 Å². The van der Waals surface area contributed by atoms with Gasteiger partial charge in [0.15, 0.2) is 5.84 Å². The molecule has 92 valence electrons. The van der Waals surface area contributed by atoms with Crippen molar-refractivity contribution in [3.63, 3.8) is 0 Å². The Kier molecular flexibility index (Phi) is 2.92. The summed E-state index contributed by atoms with van der Waals surface area (Å²) in [5, 5.41) is 25.8. The van der Waals surface area contributed by atoms with Crippen LogP contribution in [0.15, 0.2) is 41.8 Å². The molecule has 18 heavy (non-hydrogen) atoms. The number of aromatic nitrogens is 2. The summed E-state index contributed by atoms with van der Waals surface area (Å²) in [6, 6.07) is 6.56. The van der Waals surface area contributed by atoms with E-state index < -0.39 is 4.92 Å². The molecule has 0 atom stereocenters. The quantitative estimate of drug-likeness (QED) is 0.274. The van der Waals surface area contributed by atoms with Crippen LogP contribution in [-0.2, 0) is 0 Å². The second kappa shape index (κ2) is 4.53. The largest absolute Gasteiger partial charge is 0.409 e. The molecule has 0 spiro atoms. The molecule has 2 rings (SSSR count). The van der Waals surface area contributed by atoms with Gasteiger partial charge in [0.1, 0.15) is 12.4 Å². The maximum absolute atomic E-state index is 10.5. The number of hydrogen-bond donors (Lipinski definition) is 2. The topological polar surface area (TPSA) is 120 Å². The third-order valence-electron chi connectivity index (χ3n) is 2.32. The molecule has 0 saturated heterocycles. The molecule has 1 heterocycles. The Morgan fingerprint density at radius 3 is 2.61 bits per heavy atom. The molecule has 0 radical (unpaired) electrons. The van der Waals surface area contributed by atoms with E-state index in [0.29, 0.717) is 11.3 Å². The third kappa shape index (κ3) is 2.12. The van der Waals surface area contributed by atoms with Crippen LogP contribution in [0, 0.1) is 10.1 Å². The minimum atomic E-state index is -0.520. The average Bonchev–Trinajstić information content (AvgIpc) is 2.88. The van der Waals surface area contributed by atoms with E-state index in [9.17, 15) is 10.1 Å². The van der Waals surface area contributed by atoms with Gasteiger partial charge in [0.2, 0.25) is 0 Å². The molecule has 0 unspecified atom stereocenters. The highest BCUT2D eigenvalue weighted by atomic mass is 16.6. The van der Waals surface area contributed by atoms with Gasteiger partial charge >= 0.3 is 5.69 Å². The normalized spacial score (nSPS) is 11.4. The van der Waals surface area contributed by atoms with Gasteiger partial charge in [-0.1, -0.05) is 5.16 Å². The minimum absolute atomic E-state index is 0.00649. The lowest BCUT2D eigenvalue weighted by Crippen LogP contribution is -2.12. The van der Waals surface area contributed by atoms with Crippen molar-refractivity contribution < 1.29 is 10.1 Å². The molecule has 2 aromatic rings. The summed E-state index contributed by atoms with van der Waals surface area (Å²) in [5.41, 5.74) is 6.51. The summed E-state index contributed by atoms with van der Waals surface area (Å²) in [6.07, 6.45) is 2.47. The van der Waals surface area contributed by atoms with Crippen molar-refractivity contribution in [2.45, 2.75) is 0 Å². The molecular formula is C10H9N5O3. The number of benzene rings is 1. The minimum Gasteiger partial charge on any atom is -0.409 e. The van der Waals surface area contributed by atoms with Crippen molar-refractivity contribution in [3.05, 3.63) is 52.3 Å². The fourth-order valence-corrected chi connectivity index (χ4v) is 1.39. The summed E-state index contributed by atoms with van der Waals surface area (Å²) in [7, 11) is 0. The predicted molar refractivity (Wildman–Crippen MR) is 62.7 cm³/mol. The molecule has 0 aliphatic carbocycles. The van der Waals surface area contributed by atoms with E-state index in [0.717, 1.165) is 6.20 Å². The van der Waals surface area contributed by atoms with Crippen LogP contribution in [0.25, 0.3) is 5.69 Å². The summed E-state index contributed by atoms with van der Waals surface area (Å²) in [4.78, 5) is 10.0. The van der Waals surface area contributed by atoms with Crippen molar-refractivity contribution in [1.29, 1.82) is 0 Å². The molecule has 3 N–H and O–H groups in total. The Balaban J connectivity index is 2.31. The zero-order valence-electron chi connectivity index (χ0n) is 9.09. The van der Waals surface area contributed by atoms with Gasteiger partial charge in [0, 0.05) is 5.56 Å². The van der Waals surface area contributed by atoms with E-state index in [4.69, 9.17) is 10.9 Å². The number of nitro groups is 1. The zero-order valence-corrected chi connectivity index (χ0v) is 9.09. The first-order valence-corrected chi connectivity index (χ1v) is 4.89. The number of rotatable bonds is 3. The zero-order chi connectivity index (χ0) is 13.1. The van der Waals surface area contributed by atoms with Crippen LogP contribution < -0.4 is 5.73 Å². The van der Waals surface area contributed by atoms with Crippen molar-refractivity contribution in [1.82, 2.24) is 9.78 Å². The fourth-order valence-electron chi connectivity index (χ4n) is 1.39. The number of nitrogens with zero attached hydrogens (tertiary/aromatic N) is 4. The molecule has 1 aromatic heterocycles. The van der Waals surface area contributed by atoms with Gasteiger partial charge in [-0.3, -0.25) is 10.1 Å². The summed E-state index contributed by atoms with van der Waals surface area (Å²) < 4.78 is 1.37. The molecule has 8 nitrogen and oxygen atoms in total. The van der Waals surface area contributed by atoms with E-state index in [1.807, 2.05) is 0 Å². The van der Waals surface area contributed by atoms with Gasteiger partial charge in [-0.25, -0.2) is 4.68 Å². The first-order chi connectivity index (χ1) is 8.61. The Bertz CT molecular complexity index is 602. The summed E-state index contributed by atoms with van der Waals surface area (Å²) >= 11 is 0. The van der Waals surface area contributed by atoms with Crippen LogP contribution >= 0.6 is 0 Å². The lowest BCUT2D eigenvalue weighted by molar-refractivity contribution is -0.384. The molecule has 1 aromatic carbocycles. The average molecular weight is 247 g/mol. The van der Waals surface area contributed by atoms with Crippen LogP contribution in [0.4, 0.5) is 5.69 Å². The van der Waals surface area contributed by atoms with Crippen molar-refractivity contribution >= 4 is 11.5 Å². The van der Waals surface area contributed by atoms with Crippen molar-refractivity contribution in [2.75, 3.05) is 0 Å². The fraction of sp³-hybridized carbons (Fsp3) is 0. The van der Waals surface area contributed by atoms with E-state index in [2.05, 4.69) is 10.3 Å². The SMILES string of the molecule is N/C(=N/O)c1ccc(-n2cc([N+](=O)[O-])cn2)cc1. The highest BCUT2D eigenvalue weighted by molar-refractivity contribution is 5.97. The van der Waals surface area contributed by atoms with Gasteiger partial charge in [0.25, 0.3) is 0 Å². The van der Waals surface area contributed by atoms with Crippen molar-refractivity contribution in [3.8, 4) is 5.69 Å². The molecule has 0 fully saturated rings. The van der Waals surface area contributed by atoms with Crippen LogP contribution in [0.1, 0.15) is 5.56 Å². The Labute approximate surface area is 101 Å². The molecule has 8 heteroatoms. The van der Waals surface area contributed by atoms with Gasteiger partial charge in [-0.2, -0.15) is 5.10 Å². The maximum Gasteiger partial charge on any atom is 0.307 e. The highest BCUT2D eigenvalue weighted by Crippen LogP contribution is 2.14. The lowest BCUT2D eigenvalue weighted by atomic mass is 10.2.